The van der Waals surface area contributed by atoms with Crippen LogP contribution in [0.3, 0.4) is 0 Å². The average Bonchev–Trinajstić information content (AvgIpc) is 2.88. The van der Waals surface area contributed by atoms with Gasteiger partial charge in [0.2, 0.25) is 0 Å². The summed E-state index contributed by atoms with van der Waals surface area (Å²) in [6, 6.07) is 0. The van der Waals surface area contributed by atoms with Crippen LogP contribution in [0.4, 0.5) is 0 Å². The Bertz CT molecular complexity index is 284. The van der Waals surface area contributed by atoms with Crippen molar-refractivity contribution in [3.8, 4) is 0 Å². The smallest absolute Gasteiger partial charge is 0.251 e. The number of rotatable bonds is 4. The van der Waals surface area contributed by atoms with Gasteiger partial charge in [0, 0.05) is 19.6 Å². The van der Waals surface area contributed by atoms with Gasteiger partial charge < -0.3 is 20.1 Å². The van der Waals surface area contributed by atoms with Crippen LogP contribution in [0.2, 0.25) is 0 Å². The van der Waals surface area contributed by atoms with Crippen LogP contribution in [-0.2, 0) is 14.3 Å². The summed E-state index contributed by atoms with van der Waals surface area (Å²) in [7, 11) is 0. The monoisotopic (exact) mass is 256 g/mol. The van der Waals surface area contributed by atoms with Crippen molar-refractivity contribution in [1.29, 1.82) is 0 Å². The SMILES string of the molecule is CC(OC1(CN)CCCC1)C(=O)N1CCOCC1. The molecule has 0 aromatic heterocycles. The highest BCUT2D eigenvalue weighted by molar-refractivity contribution is 5.80. The van der Waals surface area contributed by atoms with Crippen LogP contribution in [-0.4, -0.2) is 55.4 Å². The van der Waals surface area contributed by atoms with Crippen molar-refractivity contribution in [2.75, 3.05) is 32.8 Å². The molecule has 0 aromatic rings. The van der Waals surface area contributed by atoms with Crippen molar-refractivity contribution < 1.29 is 14.3 Å². The molecule has 1 amide bonds. The first-order valence-electron chi connectivity index (χ1n) is 6.91. The third kappa shape index (κ3) is 3.02. The van der Waals surface area contributed by atoms with Crippen molar-refractivity contribution in [2.45, 2.75) is 44.3 Å². The number of hydrogen-bond acceptors (Lipinski definition) is 4. The highest BCUT2D eigenvalue weighted by Crippen LogP contribution is 2.33. The lowest BCUT2D eigenvalue weighted by atomic mass is 10.0. The molecular formula is C13H24N2O3. The molecule has 0 bridgehead atoms. The van der Waals surface area contributed by atoms with Crippen LogP contribution in [0, 0.1) is 0 Å². The van der Waals surface area contributed by atoms with E-state index < -0.39 is 6.10 Å². The third-order valence-electron chi connectivity index (χ3n) is 3.98. The standard InChI is InChI=1S/C13H24N2O3/c1-11(12(16)15-6-8-17-9-7-15)18-13(10-14)4-2-3-5-13/h11H,2-10,14H2,1H3. The molecule has 18 heavy (non-hydrogen) atoms. The first kappa shape index (κ1) is 13.8. The van der Waals surface area contributed by atoms with Gasteiger partial charge in [-0.05, 0) is 19.8 Å². The normalized spacial score (nSPS) is 25.1. The quantitative estimate of drug-likeness (QED) is 0.796. The minimum absolute atomic E-state index is 0.0676. The van der Waals surface area contributed by atoms with Gasteiger partial charge in [-0.25, -0.2) is 0 Å². The lowest BCUT2D eigenvalue weighted by molar-refractivity contribution is -0.158. The van der Waals surface area contributed by atoms with Crippen LogP contribution < -0.4 is 5.73 Å². The molecule has 2 aliphatic rings. The second kappa shape index (κ2) is 5.99. The number of nitrogens with two attached hydrogens (primary N) is 1. The number of hydrogen-bond donors (Lipinski definition) is 1. The largest absolute Gasteiger partial charge is 0.378 e. The van der Waals surface area contributed by atoms with Crippen LogP contribution in [0.1, 0.15) is 32.6 Å². The Hall–Kier alpha value is -0.650. The van der Waals surface area contributed by atoms with Crippen molar-refractivity contribution >= 4 is 5.91 Å². The van der Waals surface area contributed by atoms with Gasteiger partial charge in [0.15, 0.2) is 0 Å². The maximum absolute atomic E-state index is 12.2. The van der Waals surface area contributed by atoms with E-state index in [2.05, 4.69) is 0 Å². The number of nitrogens with zero attached hydrogens (tertiary/aromatic N) is 1. The number of amides is 1. The summed E-state index contributed by atoms with van der Waals surface area (Å²) in [5.74, 6) is 0.0676. The molecule has 5 heteroatoms. The molecule has 0 spiro atoms. The summed E-state index contributed by atoms with van der Waals surface area (Å²) in [5.41, 5.74) is 5.56. The second-order valence-corrected chi connectivity index (χ2v) is 5.29. The molecule has 104 valence electrons. The first-order chi connectivity index (χ1) is 8.67. The Morgan fingerprint density at radius 2 is 2.00 bits per heavy atom. The van der Waals surface area contributed by atoms with Crippen molar-refractivity contribution in [1.82, 2.24) is 4.90 Å². The minimum atomic E-state index is -0.398. The molecule has 0 radical (unpaired) electrons. The number of carbonyl (C=O) groups is 1. The van der Waals surface area contributed by atoms with Crippen molar-refractivity contribution in [3.05, 3.63) is 0 Å². The summed E-state index contributed by atoms with van der Waals surface area (Å²) < 4.78 is 11.3. The van der Waals surface area contributed by atoms with E-state index in [9.17, 15) is 4.79 Å². The maximum Gasteiger partial charge on any atom is 0.251 e. The average molecular weight is 256 g/mol. The summed E-state index contributed by atoms with van der Waals surface area (Å²) in [4.78, 5) is 14.1. The molecule has 2 rings (SSSR count). The van der Waals surface area contributed by atoms with Gasteiger partial charge in [0.05, 0.1) is 18.8 Å². The Labute approximate surface area is 109 Å². The van der Waals surface area contributed by atoms with Gasteiger partial charge >= 0.3 is 0 Å². The summed E-state index contributed by atoms with van der Waals surface area (Å²) in [5, 5.41) is 0. The Balaban J connectivity index is 1.89. The van der Waals surface area contributed by atoms with Crippen molar-refractivity contribution in [2.24, 2.45) is 5.73 Å². The van der Waals surface area contributed by atoms with Crippen LogP contribution in [0.15, 0.2) is 0 Å². The summed E-state index contributed by atoms with van der Waals surface area (Å²) in [6.45, 7) is 4.94. The van der Waals surface area contributed by atoms with Crippen LogP contribution >= 0.6 is 0 Å². The molecular weight excluding hydrogens is 232 g/mol. The summed E-state index contributed by atoms with van der Waals surface area (Å²) >= 11 is 0. The van der Waals surface area contributed by atoms with E-state index >= 15 is 0 Å². The molecule has 2 fully saturated rings. The molecule has 2 N–H and O–H groups in total. The predicted octanol–water partition coefficient (Wildman–Crippen LogP) is 0.522. The Morgan fingerprint density at radius 3 is 2.56 bits per heavy atom. The molecule has 1 saturated carbocycles. The highest BCUT2D eigenvalue weighted by Gasteiger charge is 2.37. The van der Waals surface area contributed by atoms with Gasteiger partial charge in [0.25, 0.3) is 5.91 Å². The molecule has 1 unspecified atom stereocenters. The number of morpholine rings is 1. The van der Waals surface area contributed by atoms with Gasteiger partial charge in [-0.3, -0.25) is 4.79 Å². The van der Waals surface area contributed by atoms with E-state index in [0.717, 1.165) is 25.7 Å². The zero-order chi connectivity index (χ0) is 13.0. The molecule has 1 aliphatic heterocycles. The van der Waals surface area contributed by atoms with E-state index in [1.54, 1.807) is 0 Å². The first-order valence-corrected chi connectivity index (χ1v) is 6.91. The van der Waals surface area contributed by atoms with Gasteiger partial charge in [-0.1, -0.05) is 12.8 Å². The molecule has 1 aliphatic carbocycles. The van der Waals surface area contributed by atoms with E-state index in [1.807, 2.05) is 11.8 Å². The molecule has 1 saturated heterocycles. The molecule has 1 atom stereocenters. The van der Waals surface area contributed by atoms with Crippen LogP contribution in [0.25, 0.3) is 0 Å². The van der Waals surface area contributed by atoms with Gasteiger partial charge in [-0.2, -0.15) is 0 Å². The minimum Gasteiger partial charge on any atom is -0.378 e. The van der Waals surface area contributed by atoms with E-state index in [0.29, 0.717) is 32.8 Å². The maximum atomic E-state index is 12.2. The van der Waals surface area contributed by atoms with Gasteiger partial charge in [0.1, 0.15) is 6.10 Å². The molecule has 0 aromatic carbocycles. The number of ether oxygens (including phenoxy) is 2. The fourth-order valence-electron chi connectivity index (χ4n) is 2.86. The van der Waals surface area contributed by atoms with Gasteiger partial charge in [-0.15, -0.1) is 0 Å². The zero-order valence-corrected chi connectivity index (χ0v) is 11.2. The third-order valence-corrected chi connectivity index (χ3v) is 3.98. The van der Waals surface area contributed by atoms with E-state index in [1.165, 1.54) is 0 Å². The molecule has 1 heterocycles. The topological polar surface area (TPSA) is 64.8 Å². The molecule has 5 nitrogen and oxygen atoms in total. The Kier molecular flexibility index (Phi) is 4.59. The number of carbonyl (C=O) groups excluding carboxylic acids is 1. The van der Waals surface area contributed by atoms with E-state index in [-0.39, 0.29) is 11.5 Å². The fourth-order valence-corrected chi connectivity index (χ4v) is 2.86. The van der Waals surface area contributed by atoms with Crippen LogP contribution in [0.5, 0.6) is 0 Å². The summed E-state index contributed by atoms with van der Waals surface area (Å²) in [6.07, 6.45) is 3.85. The lowest BCUT2D eigenvalue weighted by Crippen LogP contribution is -2.49. The lowest BCUT2D eigenvalue weighted by Gasteiger charge is -2.34. The zero-order valence-electron chi connectivity index (χ0n) is 11.2. The fraction of sp³-hybridized carbons (Fsp3) is 0.923. The Morgan fingerprint density at radius 1 is 1.39 bits per heavy atom. The van der Waals surface area contributed by atoms with E-state index in [4.69, 9.17) is 15.2 Å². The predicted molar refractivity (Wildman–Crippen MR) is 68.2 cm³/mol. The van der Waals surface area contributed by atoms with Crippen molar-refractivity contribution in [3.63, 3.8) is 0 Å². The highest BCUT2D eigenvalue weighted by atomic mass is 16.5. The second-order valence-electron chi connectivity index (χ2n) is 5.29.